The zero-order valence-electron chi connectivity index (χ0n) is 11.9. The van der Waals surface area contributed by atoms with Crippen molar-refractivity contribution in [3.8, 4) is 11.8 Å². The van der Waals surface area contributed by atoms with Crippen LogP contribution in [0, 0.1) is 11.3 Å². The van der Waals surface area contributed by atoms with Gasteiger partial charge in [-0.25, -0.2) is 9.67 Å². The second-order valence-electron chi connectivity index (χ2n) is 4.60. The lowest BCUT2D eigenvalue weighted by atomic mass is 10.0. The van der Waals surface area contributed by atoms with Crippen LogP contribution in [-0.4, -0.2) is 21.3 Å². The van der Waals surface area contributed by atoms with E-state index in [0.29, 0.717) is 0 Å². The highest BCUT2D eigenvalue weighted by atomic mass is 15.3. The Bertz CT molecular complexity index is 596. The fourth-order valence-electron chi connectivity index (χ4n) is 2.21. The molecule has 104 valence electrons. The minimum Gasteiger partial charge on any atom is -0.310 e. The maximum Gasteiger partial charge on any atom is 0.252 e. The smallest absolute Gasteiger partial charge is 0.252 e. The summed E-state index contributed by atoms with van der Waals surface area (Å²) in [6.45, 7) is 5.29. The Balaban J connectivity index is 2.36. The maximum atomic E-state index is 8.84. The van der Waals surface area contributed by atoms with Crippen LogP contribution in [0.25, 0.3) is 5.69 Å². The molecule has 0 aliphatic rings. The molecule has 0 aliphatic heterocycles. The standard InChI is InChI=1S/C15H19N5/c1-3-9-17-13(4-2)12-7-5-6-8-14(12)20-11-18-15(10-16)19-20/h5-8,11,13,17H,3-4,9H2,1-2H3. The molecule has 0 fully saturated rings. The van der Waals surface area contributed by atoms with Gasteiger partial charge in [0, 0.05) is 6.04 Å². The summed E-state index contributed by atoms with van der Waals surface area (Å²) in [6, 6.07) is 10.3. The van der Waals surface area contributed by atoms with Crippen molar-refractivity contribution in [1.29, 1.82) is 5.26 Å². The van der Waals surface area contributed by atoms with Gasteiger partial charge >= 0.3 is 0 Å². The summed E-state index contributed by atoms with van der Waals surface area (Å²) < 4.78 is 1.67. The lowest BCUT2D eigenvalue weighted by Gasteiger charge is -2.20. The van der Waals surface area contributed by atoms with Gasteiger partial charge in [0.15, 0.2) is 0 Å². The van der Waals surface area contributed by atoms with Crippen molar-refractivity contribution in [2.45, 2.75) is 32.7 Å². The highest BCUT2D eigenvalue weighted by Crippen LogP contribution is 2.23. The summed E-state index contributed by atoms with van der Waals surface area (Å²) in [5.74, 6) is 0.189. The number of benzene rings is 1. The molecule has 0 spiro atoms. The van der Waals surface area contributed by atoms with Gasteiger partial charge in [-0.1, -0.05) is 32.0 Å². The molecule has 5 heteroatoms. The highest BCUT2D eigenvalue weighted by Gasteiger charge is 2.14. The molecule has 5 nitrogen and oxygen atoms in total. The first-order valence-electron chi connectivity index (χ1n) is 6.94. The van der Waals surface area contributed by atoms with Crippen molar-refractivity contribution >= 4 is 0 Å². The Morgan fingerprint density at radius 1 is 1.35 bits per heavy atom. The predicted octanol–water partition coefficient (Wildman–Crippen LogP) is 2.59. The van der Waals surface area contributed by atoms with Gasteiger partial charge in [-0.15, -0.1) is 5.10 Å². The van der Waals surface area contributed by atoms with E-state index in [4.69, 9.17) is 5.26 Å². The third kappa shape index (κ3) is 3.03. The van der Waals surface area contributed by atoms with Crippen LogP contribution < -0.4 is 5.32 Å². The fraction of sp³-hybridized carbons (Fsp3) is 0.400. The maximum absolute atomic E-state index is 8.84. The highest BCUT2D eigenvalue weighted by molar-refractivity contribution is 5.42. The Kier molecular flexibility index (Phi) is 4.85. The average Bonchev–Trinajstić information content (AvgIpc) is 2.97. The first-order valence-corrected chi connectivity index (χ1v) is 6.94. The van der Waals surface area contributed by atoms with E-state index in [1.54, 1.807) is 11.0 Å². The molecule has 1 heterocycles. The first kappa shape index (κ1) is 14.2. The van der Waals surface area contributed by atoms with Crippen molar-refractivity contribution < 1.29 is 0 Å². The van der Waals surface area contributed by atoms with Gasteiger partial charge in [0.2, 0.25) is 0 Å². The molecule has 1 unspecified atom stereocenters. The molecule has 0 aliphatic carbocycles. The molecule has 1 atom stereocenters. The summed E-state index contributed by atoms with van der Waals surface area (Å²) in [7, 11) is 0. The van der Waals surface area contributed by atoms with Crippen molar-refractivity contribution in [2.24, 2.45) is 0 Å². The van der Waals surface area contributed by atoms with Crippen LogP contribution in [0.2, 0.25) is 0 Å². The zero-order chi connectivity index (χ0) is 14.4. The van der Waals surface area contributed by atoms with Crippen LogP contribution in [0.5, 0.6) is 0 Å². The summed E-state index contributed by atoms with van der Waals surface area (Å²) >= 11 is 0. The summed E-state index contributed by atoms with van der Waals surface area (Å²) in [5, 5.41) is 16.6. The summed E-state index contributed by atoms with van der Waals surface area (Å²) in [5.41, 5.74) is 2.15. The van der Waals surface area contributed by atoms with Crippen molar-refractivity contribution in [2.75, 3.05) is 6.54 Å². The number of hydrogen-bond donors (Lipinski definition) is 1. The quantitative estimate of drug-likeness (QED) is 0.875. The minimum atomic E-state index is 0.189. The molecule has 0 saturated heterocycles. The number of nitrogens with one attached hydrogen (secondary N) is 1. The molecule has 20 heavy (non-hydrogen) atoms. The fourth-order valence-corrected chi connectivity index (χ4v) is 2.21. The Hall–Kier alpha value is -2.19. The third-order valence-electron chi connectivity index (χ3n) is 3.20. The molecule has 1 aromatic carbocycles. The van der Waals surface area contributed by atoms with Gasteiger partial charge in [-0.3, -0.25) is 0 Å². The van der Waals surface area contributed by atoms with Crippen LogP contribution in [0.15, 0.2) is 30.6 Å². The molecule has 0 amide bonds. The normalized spacial score (nSPS) is 12.1. The molecule has 2 rings (SSSR count). The predicted molar refractivity (Wildman–Crippen MR) is 77.4 cm³/mol. The lowest BCUT2D eigenvalue weighted by molar-refractivity contribution is 0.515. The van der Waals surface area contributed by atoms with Gasteiger partial charge in [0.05, 0.1) is 5.69 Å². The SMILES string of the molecule is CCCNC(CC)c1ccccc1-n1cnc(C#N)n1. The van der Waals surface area contributed by atoms with Crippen molar-refractivity contribution in [3.63, 3.8) is 0 Å². The largest absolute Gasteiger partial charge is 0.310 e. The van der Waals surface area contributed by atoms with E-state index in [-0.39, 0.29) is 11.9 Å². The van der Waals surface area contributed by atoms with Crippen LogP contribution in [0.1, 0.15) is 44.1 Å². The number of nitriles is 1. The van der Waals surface area contributed by atoms with Crippen molar-refractivity contribution in [3.05, 3.63) is 42.0 Å². The second-order valence-corrected chi connectivity index (χ2v) is 4.60. The molecular weight excluding hydrogens is 250 g/mol. The number of para-hydroxylation sites is 1. The van der Waals surface area contributed by atoms with Gasteiger partial charge in [0.25, 0.3) is 5.82 Å². The van der Waals surface area contributed by atoms with Crippen LogP contribution >= 0.6 is 0 Å². The van der Waals surface area contributed by atoms with Gasteiger partial charge < -0.3 is 5.32 Å². The monoisotopic (exact) mass is 269 g/mol. The van der Waals surface area contributed by atoms with Gasteiger partial charge in [0.1, 0.15) is 12.4 Å². The topological polar surface area (TPSA) is 66.5 Å². The summed E-state index contributed by atoms with van der Waals surface area (Å²) in [6.07, 6.45) is 3.68. The number of hydrogen-bond acceptors (Lipinski definition) is 4. The number of aromatic nitrogens is 3. The average molecular weight is 269 g/mol. The molecule has 0 radical (unpaired) electrons. The van der Waals surface area contributed by atoms with Crippen molar-refractivity contribution in [1.82, 2.24) is 20.1 Å². The minimum absolute atomic E-state index is 0.189. The molecule has 1 N–H and O–H groups in total. The molecule has 0 bridgehead atoms. The van der Waals surface area contributed by atoms with E-state index in [2.05, 4.69) is 35.3 Å². The van der Waals surface area contributed by atoms with E-state index in [0.717, 1.165) is 25.1 Å². The third-order valence-corrected chi connectivity index (χ3v) is 3.20. The molecular formula is C15H19N5. The molecule has 1 aromatic heterocycles. The Morgan fingerprint density at radius 2 is 2.15 bits per heavy atom. The first-order chi connectivity index (χ1) is 9.80. The van der Waals surface area contributed by atoms with Crippen LogP contribution in [0.4, 0.5) is 0 Å². The second kappa shape index (κ2) is 6.83. The zero-order valence-corrected chi connectivity index (χ0v) is 11.9. The van der Waals surface area contributed by atoms with E-state index >= 15 is 0 Å². The van der Waals surface area contributed by atoms with Crippen LogP contribution in [-0.2, 0) is 0 Å². The van der Waals surface area contributed by atoms with E-state index < -0.39 is 0 Å². The Labute approximate surface area is 119 Å². The Morgan fingerprint density at radius 3 is 2.80 bits per heavy atom. The van der Waals surface area contributed by atoms with E-state index in [9.17, 15) is 0 Å². The summed E-state index contributed by atoms with van der Waals surface area (Å²) in [4.78, 5) is 3.97. The molecule has 0 saturated carbocycles. The molecule has 2 aromatic rings. The van der Waals surface area contributed by atoms with E-state index in [1.165, 1.54) is 5.56 Å². The number of nitrogens with zero attached hydrogens (tertiary/aromatic N) is 4. The van der Waals surface area contributed by atoms with Crippen LogP contribution in [0.3, 0.4) is 0 Å². The lowest BCUT2D eigenvalue weighted by Crippen LogP contribution is -2.22. The van der Waals surface area contributed by atoms with Gasteiger partial charge in [-0.2, -0.15) is 5.26 Å². The number of rotatable bonds is 6. The van der Waals surface area contributed by atoms with E-state index in [1.807, 2.05) is 24.3 Å². The van der Waals surface area contributed by atoms with Gasteiger partial charge in [-0.05, 0) is 31.0 Å².